The minimum atomic E-state index is -4.42. The lowest BCUT2D eigenvalue weighted by Crippen LogP contribution is -2.24. The number of nitrogens with two attached hydrogens (primary N) is 2. The highest BCUT2D eigenvalue weighted by Crippen LogP contribution is 2.41. The molecule has 1 aliphatic rings. The van der Waals surface area contributed by atoms with Gasteiger partial charge in [0.2, 0.25) is 5.96 Å². The van der Waals surface area contributed by atoms with E-state index >= 15 is 0 Å². The lowest BCUT2D eigenvalue weighted by Gasteiger charge is -2.25. The van der Waals surface area contributed by atoms with E-state index in [9.17, 15) is 13.2 Å². The van der Waals surface area contributed by atoms with Gasteiger partial charge in [-0.1, -0.05) is 18.2 Å². The van der Waals surface area contributed by atoms with Crippen LogP contribution < -0.4 is 11.5 Å². The number of benzene rings is 1. The van der Waals surface area contributed by atoms with E-state index in [0.717, 1.165) is 17.2 Å². The molecular weight excluding hydrogens is 369 g/mol. The molecule has 0 radical (unpaired) electrons. The summed E-state index contributed by atoms with van der Waals surface area (Å²) in [5.74, 6) is -0.0490. The fourth-order valence-corrected chi connectivity index (χ4v) is 3.21. The van der Waals surface area contributed by atoms with Crippen molar-refractivity contribution in [1.82, 2.24) is 0 Å². The van der Waals surface area contributed by atoms with Gasteiger partial charge in [0.25, 0.3) is 0 Å². The molecule has 0 fully saturated rings. The third kappa shape index (κ3) is 3.85. The number of rotatable bonds is 2. The summed E-state index contributed by atoms with van der Waals surface area (Å²) in [4.78, 5) is 0. The predicted molar refractivity (Wildman–Crippen MR) is 95.5 cm³/mol. The maximum atomic E-state index is 13.3. The molecule has 1 aliphatic carbocycles. The highest BCUT2D eigenvalue weighted by molar-refractivity contribution is 6.04. The first-order valence-corrected chi connectivity index (χ1v) is 7.66. The fraction of sp³-hybridized carbons (Fsp3) is 0.294. The smallest absolute Gasteiger partial charge is 0.416 e. The van der Waals surface area contributed by atoms with Gasteiger partial charge in [0.05, 0.1) is 17.5 Å². The summed E-state index contributed by atoms with van der Waals surface area (Å²) in [5.41, 5.74) is 12.3. The summed E-state index contributed by atoms with van der Waals surface area (Å²) >= 11 is 0. The van der Waals surface area contributed by atoms with Gasteiger partial charge >= 0.3 is 6.18 Å². The standard InChI is InChI=1S/C17H17F3N4O.ClH/c1-9-8-25-14-7-10(6-13(15(9)14)23-24-16(21)22)11-4-2-3-5-12(11)17(18,19)20;/h2-5,8,10H,6-7H2,1H3,(H4,21,22,24);1H/b23-13-;. The summed E-state index contributed by atoms with van der Waals surface area (Å²) in [5, 5.41) is 7.70. The third-order valence-electron chi connectivity index (χ3n) is 4.20. The Labute approximate surface area is 154 Å². The van der Waals surface area contributed by atoms with Crippen LogP contribution in [0.15, 0.2) is 45.1 Å². The largest absolute Gasteiger partial charge is 0.468 e. The maximum absolute atomic E-state index is 13.3. The Morgan fingerprint density at radius 2 is 1.88 bits per heavy atom. The molecule has 0 spiro atoms. The Balaban J connectivity index is 0.00000243. The lowest BCUT2D eigenvalue weighted by atomic mass is 9.80. The van der Waals surface area contributed by atoms with Crippen molar-refractivity contribution in [3.8, 4) is 0 Å². The van der Waals surface area contributed by atoms with E-state index in [0.29, 0.717) is 17.9 Å². The molecule has 4 N–H and O–H groups in total. The average molecular weight is 387 g/mol. The Kier molecular flexibility index (Phi) is 5.65. The van der Waals surface area contributed by atoms with Crippen LogP contribution in [-0.2, 0) is 12.6 Å². The van der Waals surface area contributed by atoms with Crippen LogP contribution in [0.2, 0.25) is 0 Å². The number of furan rings is 1. The van der Waals surface area contributed by atoms with Gasteiger partial charge in [-0.05, 0) is 36.5 Å². The van der Waals surface area contributed by atoms with Crippen LogP contribution in [0.25, 0.3) is 0 Å². The quantitative estimate of drug-likeness (QED) is 0.468. The van der Waals surface area contributed by atoms with E-state index in [-0.39, 0.29) is 30.4 Å². The van der Waals surface area contributed by atoms with Crippen LogP contribution >= 0.6 is 12.4 Å². The monoisotopic (exact) mass is 386 g/mol. The molecule has 9 heteroatoms. The maximum Gasteiger partial charge on any atom is 0.416 e. The van der Waals surface area contributed by atoms with Crippen LogP contribution in [0.1, 0.15) is 40.4 Å². The molecule has 140 valence electrons. The van der Waals surface area contributed by atoms with Crippen LogP contribution in [-0.4, -0.2) is 11.7 Å². The highest BCUT2D eigenvalue weighted by Gasteiger charge is 2.37. The van der Waals surface area contributed by atoms with Crippen molar-refractivity contribution in [2.75, 3.05) is 0 Å². The normalized spacial score (nSPS) is 18.2. The molecule has 5 nitrogen and oxygen atoms in total. The predicted octanol–water partition coefficient (Wildman–Crippen LogP) is 3.74. The Hall–Kier alpha value is -2.48. The fourth-order valence-electron chi connectivity index (χ4n) is 3.21. The lowest BCUT2D eigenvalue weighted by molar-refractivity contribution is -0.138. The zero-order valence-corrected chi connectivity index (χ0v) is 14.7. The van der Waals surface area contributed by atoms with Gasteiger partial charge in [0.15, 0.2) is 0 Å². The molecule has 0 amide bonds. The topological polar surface area (TPSA) is 89.9 Å². The van der Waals surface area contributed by atoms with Crippen molar-refractivity contribution in [1.29, 1.82) is 0 Å². The van der Waals surface area contributed by atoms with Crippen molar-refractivity contribution in [3.63, 3.8) is 0 Å². The molecule has 0 saturated heterocycles. The number of guanidine groups is 1. The van der Waals surface area contributed by atoms with E-state index in [1.54, 1.807) is 12.3 Å². The van der Waals surface area contributed by atoms with E-state index < -0.39 is 17.7 Å². The van der Waals surface area contributed by atoms with Gasteiger partial charge in [0, 0.05) is 12.0 Å². The molecule has 2 aromatic rings. The van der Waals surface area contributed by atoms with Gasteiger partial charge in [-0.3, -0.25) is 0 Å². The molecule has 3 rings (SSSR count). The summed E-state index contributed by atoms with van der Waals surface area (Å²) in [6.07, 6.45) is -2.21. The first-order valence-electron chi connectivity index (χ1n) is 7.66. The molecule has 0 aliphatic heterocycles. The first kappa shape index (κ1) is 19.8. The SMILES string of the molecule is Cc1coc2c1/C(=N\N=C(N)N)CC(c1ccccc1C(F)(F)F)C2.Cl. The Morgan fingerprint density at radius 1 is 1.19 bits per heavy atom. The molecule has 1 aromatic heterocycles. The second-order valence-electron chi connectivity index (χ2n) is 5.98. The van der Waals surface area contributed by atoms with Crippen LogP contribution in [0, 0.1) is 6.92 Å². The van der Waals surface area contributed by atoms with Crippen LogP contribution in [0.4, 0.5) is 13.2 Å². The van der Waals surface area contributed by atoms with Gasteiger partial charge in [-0.2, -0.15) is 18.3 Å². The zero-order chi connectivity index (χ0) is 18.2. The summed E-state index contributed by atoms with van der Waals surface area (Å²) in [7, 11) is 0. The molecule has 1 heterocycles. The van der Waals surface area contributed by atoms with Gasteiger partial charge in [-0.25, -0.2) is 0 Å². The number of hydrogen-bond donors (Lipinski definition) is 2. The molecule has 1 unspecified atom stereocenters. The molecule has 1 aromatic carbocycles. The second-order valence-corrected chi connectivity index (χ2v) is 5.98. The number of alkyl halides is 3. The minimum Gasteiger partial charge on any atom is -0.468 e. The second kappa shape index (κ2) is 7.41. The summed E-state index contributed by atoms with van der Waals surface area (Å²) in [6.45, 7) is 1.84. The number of halogens is 4. The van der Waals surface area contributed by atoms with Gasteiger partial charge in [-0.15, -0.1) is 17.5 Å². The van der Waals surface area contributed by atoms with E-state index in [1.165, 1.54) is 12.1 Å². The molecular formula is C17H18ClF3N4O. The van der Waals surface area contributed by atoms with Gasteiger partial charge < -0.3 is 15.9 Å². The zero-order valence-electron chi connectivity index (χ0n) is 13.9. The molecule has 0 bridgehead atoms. The van der Waals surface area contributed by atoms with E-state index in [2.05, 4.69) is 10.2 Å². The van der Waals surface area contributed by atoms with Crippen molar-refractivity contribution < 1.29 is 17.6 Å². The Bertz CT molecular complexity index is 854. The third-order valence-corrected chi connectivity index (χ3v) is 4.20. The summed E-state index contributed by atoms with van der Waals surface area (Å²) in [6, 6.07) is 5.56. The van der Waals surface area contributed by atoms with Crippen LogP contribution in [0.5, 0.6) is 0 Å². The number of fused-ring (bicyclic) bond motifs is 1. The van der Waals surface area contributed by atoms with E-state index in [4.69, 9.17) is 15.9 Å². The number of nitrogens with zero attached hydrogens (tertiary/aromatic N) is 2. The first-order chi connectivity index (χ1) is 11.8. The molecule has 26 heavy (non-hydrogen) atoms. The van der Waals surface area contributed by atoms with Crippen molar-refractivity contribution in [3.05, 3.63) is 58.5 Å². The molecule has 1 atom stereocenters. The van der Waals surface area contributed by atoms with Crippen molar-refractivity contribution >= 4 is 24.1 Å². The van der Waals surface area contributed by atoms with E-state index in [1.807, 2.05) is 6.92 Å². The number of hydrogen-bond acceptors (Lipinski definition) is 3. The summed E-state index contributed by atoms with van der Waals surface area (Å²) < 4.78 is 45.6. The highest BCUT2D eigenvalue weighted by atomic mass is 35.5. The van der Waals surface area contributed by atoms with Crippen molar-refractivity contribution in [2.24, 2.45) is 21.7 Å². The Morgan fingerprint density at radius 3 is 2.54 bits per heavy atom. The molecule has 0 saturated carbocycles. The minimum absolute atomic E-state index is 0. The average Bonchev–Trinajstić information content (AvgIpc) is 2.93. The van der Waals surface area contributed by atoms with Crippen molar-refractivity contribution in [2.45, 2.75) is 31.9 Å². The number of aryl methyl sites for hydroxylation is 1. The van der Waals surface area contributed by atoms with Gasteiger partial charge in [0.1, 0.15) is 5.76 Å². The van der Waals surface area contributed by atoms with Crippen LogP contribution in [0.3, 0.4) is 0 Å².